The molecule has 0 amide bonds. The molecule has 0 saturated carbocycles. The van der Waals surface area contributed by atoms with Gasteiger partial charge in [-0.3, -0.25) is 0 Å². The zero-order valence-corrected chi connectivity index (χ0v) is 9.74. The SMILES string of the molecule is [CH][C@H]1C[C@@H](Oc2nc3ccccc3[nH]2)[C@@H](CO)O1. The van der Waals surface area contributed by atoms with Crippen molar-refractivity contribution < 1.29 is 14.6 Å². The predicted molar refractivity (Wildman–Crippen MR) is 65.2 cm³/mol. The van der Waals surface area contributed by atoms with Gasteiger partial charge in [0.25, 0.3) is 6.01 Å². The zero-order chi connectivity index (χ0) is 12.5. The van der Waals surface area contributed by atoms with Crippen LogP contribution in [0.4, 0.5) is 0 Å². The molecule has 0 bridgehead atoms. The Hall–Kier alpha value is -1.59. The number of aromatic nitrogens is 2. The van der Waals surface area contributed by atoms with Gasteiger partial charge in [0.1, 0.15) is 12.2 Å². The van der Waals surface area contributed by atoms with Gasteiger partial charge < -0.3 is 19.6 Å². The molecule has 1 aromatic heterocycles. The average molecular weight is 246 g/mol. The molecule has 3 atom stereocenters. The van der Waals surface area contributed by atoms with Crippen molar-refractivity contribution in [2.45, 2.75) is 24.7 Å². The van der Waals surface area contributed by atoms with Crippen LogP contribution < -0.4 is 4.74 Å². The molecule has 1 aromatic carbocycles. The molecular formula is C13H14N2O3. The summed E-state index contributed by atoms with van der Waals surface area (Å²) in [6.45, 7) is 5.56. The van der Waals surface area contributed by atoms with Crippen LogP contribution in [0.3, 0.4) is 0 Å². The number of aromatic amines is 1. The zero-order valence-electron chi connectivity index (χ0n) is 9.74. The number of aliphatic hydroxyl groups is 1. The quantitative estimate of drug-likeness (QED) is 0.853. The highest BCUT2D eigenvalue weighted by Crippen LogP contribution is 2.24. The number of nitrogens with zero attached hydrogens (tertiary/aromatic N) is 1. The normalized spacial score (nSPS) is 27.8. The molecule has 1 saturated heterocycles. The maximum Gasteiger partial charge on any atom is 0.294 e. The first-order valence-electron chi connectivity index (χ1n) is 5.89. The third-order valence-corrected chi connectivity index (χ3v) is 3.04. The van der Waals surface area contributed by atoms with E-state index in [1.807, 2.05) is 24.3 Å². The van der Waals surface area contributed by atoms with E-state index in [9.17, 15) is 5.11 Å². The largest absolute Gasteiger partial charge is 0.459 e. The number of H-pyrrole nitrogens is 1. The molecule has 0 spiro atoms. The molecule has 5 heteroatoms. The Morgan fingerprint density at radius 1 is 1.50 bits per heavy atom. The number of nitrogens with one attached hydrogen (secondary N) is 1. The van der Waals surface area contributed by atoms with Crippen molar-refractivity contribution in [1.82, 2.24) is 9.97 Å². The van der Waals surface area contributed by atoms with Gasteiger partial charge in [-0.1, -0.05) is 12.1 Å². The Morgan fingerprint density at radius 2 is 2.33 bits per heavy atom. The fourth-order valence-electron chi connectivity index (χ4n) is 2.16. The van der Waals surface area contributed by atoms with E-state index in [1.165, 1.54) is 0 Å². The van der Waals surface area contributed by atoms with E-state index in [0.29, 0.717) is 12.4 Å². The van der Waals surface area contributed by atoms with Crippen LogP contribution in [0.2, 0.25) is 0 Å². The Kier molecular flexibility index (Phi) is 2.93. The highest BCUT2D eigenvalue weighted by molar-refractivity contribution is 5.75. The van der Waals surface area contributed by atoms with E-state index in [4.69, 9.17) is 16.4 Å². The lowest BCUT2D eigenvalue weighted by molar-refractivity contribution is -0.00616. The molecule has 1 fully saturated rings. The molecule has 0 aliphatic carbocycles. The van der Waals surface area contributed by atoms with Crippen LogP contribution in [0.5, 0.6) is 6.01 Å². The van der Waals surface area contributed by atoms with E-state index in [2.05, 4.69) is 9.97 Å². The van der Waals surface area contributed by atoms with Crippen molar-refractivity contribution >= 4 is 11.0 Å². The van der Waals surface area contributed by atoms with Crippen molar-refractivity contribution in [3.05, 3.63) is 31.2 Å². The molecule has 18 heavy (non-hydrogen) atoms. The maximum absolute atomic E-state index is 9.18. The van der Waals surface area contributed by atoms with E-state index in [-0.39, 0.29) is 12.7 Å². The van der Waals surface area contributed by atoms with Gasteiger partial charge in [0, 0.05) is 6.42 Å². The van der Waals surface area contributed by atoms with E-state index >= 15 is 0 Å². The van der Waals surface area contributed by atoms with Crippen LogP contribution in [0.25, 0.3) is 11.0 Å². The first kappa shape index (κ1) is 11.5. The third-order valence-electron chi connectivity index (χ3n) is 3.04. The number of hydrogen-bond donors (Lipinski definition) is 2. The first-order chi connectivity index (χ1) is 8.76. The molecule has 0 unspecified atom stereocenters. The number of ether oxygens (including phenoxy) is 2. The van der Waals surface area contributed by atoms with Crippen molar-refractivity contribution in [2.75, 3.05) is 6.61 Å². The van der Waals surface area contributed by atoms with Crippen molar-refractivity contribution in [3.63, 3.8) is 0 Å². The number of benzene rings is 1. The van der Waals surface area contributed by atoms with Crippen LogP contribution >= 0.6 is 0 Å². The van der Waals surface area contributed by atoms with Crippen molar-refractivity contribution in [1.29, 1.82) is 0 Å². The van der Waals surface area contributed by atoms with Gasteiger partial charge in [-0.05, 0) is 19.1 Å². The van der Waals surface area contributed by atoms with E-state index in [0.717, 1.165) is 11.0 Å². The van der Waals surface area contributed by atoms with Gasteiger partial charge in [0.05, 0.1) is 23.7 Å². The Balaban J connectivity index is 1.79. The standard InChI is InChI=1S/C13H14N2O3/c1-8-6-11(12(7-16)17-8)18-13-14-9-4-2-3-5-10(9)15-13/h1-5,8,11-12,16H,6-7H2,(H,14,15)/t8-,11+,12+/m0/s1. The van der Waals surface area contributed by atoms with Crippen LogP contribution in [0.15, 0.2) is 24.3 Å². The second-order valence-corrected chi connectivity index (χ2v) is 4.35. The van der Waals surface area contributed by atoms with Gasteiger partial charge in [-0.2, -0.15) is 4.98 Å². The van der Waals surface area contributed by atoms with Gasteiger partial charge in [0.2, 0.25) is 0 Å². The van der Waals surface area contributed by atoms with Gasteiger partial charge in [0.15, 0.2) is 0 Å². The molecule has 5 nitrogen and oxygen atoms in total. The highest BCUT2D eigenvalue weighted by Gasteiger charge is 2.34. The third kappa shape index (κ3) is 2.07. The Labute approximate surface area is 105 Å². The van der Waals surface area contributed by atoms with Crippen LogP contribution in [-0.4, -0.2) is 40.0 Å². The Bertz CT molecular complexity index is 507. The molecule has 2 N–H and O–H groups in total. The van der Waals surface area contributed by atoms with Crippen LogP contribution in [0, 0.1) is 6.92 Å². The molecule has 2 radical (unpaired) electrons. The minimum absolute atomic E-state index is 0.113. The summed E-state index contributed by atoms with van der Waals surface area (Å²) in [7, 11) is 0. The minimum Gasteiger partial charge on any atom is -0.459 e. The van der Waals surface area contributed by atoms with Crippen molar-refractivity contribution in [3.8, 4) is 6.01 Å². The summed E-state index contributed by atoms with van der Waals surface area (Å²) in [4.78, 5) is 7.38. The molecule has 1 aliphatic rings. The van der Waals surface area contributed by atoms with E-state index < -0.39 is 12.2 Å². The van der Waals surface area contributed by atoms with E-state index in [1.54, 1.807) is 0 Å². The van der Waals surface area contributed by atoms with Gasteiger partial charge >= 0.3 is 0 Å². The lowest BCUT2D eigenvalue weighted by Crippen LogP contribution is -2.30. The molecule has 2 heterocycles. The number of rotatable bonds is 3. The molecule has 3 rings (SSSR count). The Morgan fingerprint density at radius 3 is 3.11 bits per heavy atom. The minimum atomic E-state index is -0.395. The smallest absolute Gasteiger partial charge is 0.294 e. The second-order valence-electron chi connectivity index (χ2n) is 4.35. The van der Waals surface area contributed by atoms with Crippen LogP contribution in [0.1, 0.15) is 6.42 Å². The summed E-state index contributed by atoms with van der Waals surface area (Å²) in [5.41, 5.74) is 1.76. The summed E-state index contributed by atoms with van der Waals surface area (Å²) in [6, 6.07) is 8.10. The van der Waals surface area contributed by atoms with Gasteiger partial charge in [-0.15, -0.1) is 0 Å². The first-order valence-corrected chi connectivity index (χ1v) is 5.89. The number of aliphatic hydroxyl groups excluding tert-OH is 1. The summed E-state index contributed by atoms with van der Waals surface area (Å²) in [6.07, 6.45) is -0.516. The van der Waals surface area contributed by atoms with Crippen LogP contribution in [-0.2, 0) is 4.74 Å². The molecule has 2 aromatic rings. The van der Waals surface area contributed by atoms with Crippen molar-refractivity contribution in [2.24, 2.45) is 0 Å². The second kappa shape index (κ2) is 4.59. The highest BCUT2D eigenvalue weighted by atomic mass is 16.6. The predicted octanol–water partition coefficient (Wildman–Crippen LogP) is 1.17. The number of para-hydroxylation sites is 2. The summed E-state index contributed by atoms with van der Waals surface area (Å²) >= 11 is 0. The summed E-state index contributed by atoms with van der Waals surface area (Å²) in [5.74, 6) is 0. The average Bonchev–Trinajstić information content (AvgIpc) is 2.92. The molecule has 94 valence electrons. The molecular weight excluding hydrogens is 232 g/mol. The monoisotopic (exact) mass is 246 g/mol. The summed E-state index contributed by atoms with van der Waals surface area (Å²) in [5, 5.41) is 9.18. The fraction of sp³-hybridized carbons (Fsp3) is 0.385. The number of hydrogen-bond acceptors (Lipinski definition) is 4. The molecule has 1 aliphatic heterocycles. The number of fused-ring (bicyclic) bond motifs is 1. The maximum atomic E-state index is 9.18. The topological polar surface area (TPSA) is 67.4 Å². The lowest BCUT2D eigenvalue weighted by atomic mass is 10.1. The lowest BCUT2D eigenvalue weighted by Gasteiger charge is -2.15. The number of imidazole rings is 1. The summed E-state index contributed by atoms with van der Waals surface area (Å²) < 4.78 is 11.0. The van der Waals surface area contributed by atoms with Gasteiger partial charge in [-0.25, -0.2) is 0 Å². The fourth-order valence-corrected chi connectivity index (χ4v) is 2.16.